The van der Waals surface area contributed by atoms with Gasteiger partial charge in [-0.2, -0.15) is 5.26 Å². The number of hydrogen-bond acceptors (Lipinski definition) is 3. The average molecular weight is 258 g/mol. The van der Waals surface area contributed by atoms with Crippen molar-refractivity contribution in [3.05, 3.63) is 34.2 Å². The van der Waals surface area contributed by atoms with Crippen molar-refractivity contribution in [1.29, 1.82) is 5.26 Å². The number of hydrogen-bond donors (Lipinski definition) is 3. The van der Waals surface area contributed by atoms with E-state index in [9.17, 15) is 10.1 Å². The van der Waals surface area contributed by atoms with Gasteiger partial charge in [0.25, 0.3) is 0 Å². The summed E-state index contributed by atoms with van der Waals surface area (Å²) in [5.41, 5.74) is 2.34. The summed E-state index contributed by atoms with van der Waals surface area (Å²) in [6.07, 6.45) is 0. The minimum Gasteiger partial charge on any atom is -0.312 e. The molecular formula is C14H18N4O. The first kappa shape index (κ1) is 13.4. The minimum atomic E-state index is -0.214. The Balaban J connectivity index is 2.45. The maximum Gasteiger partial charge on any atom is 0.323 e. The highest BCUT2D eigenvalue weighted by Gasteiger charge is 2.24. The van der Waals surface area contributed by atoms with E-state index in [0.717, 1.165) is 16.6 Å². The molecule has 1 aromatic carbocycles. The molecule has 0 amide bonds. The predicted octanol–water partition coefficient (Wildman–Crippen LogP) is 1.91. The van der Waals surface area contributed by atoms with E-state index in [4.69, 9.17) is 0 Å². The Morgan fingerprint density at radius 3 is 2.53 bits per heavy atom. The molecule has 0 aliphatic rings. The summed E-state index contributed by atoms with van der Waals surface area (Å²) < 4.78 is 0. The summed E-state index contributed by atoms with van der Waals surface area (Å²) in [6.45, 7) is 4.07. The number of nitrogens with zero attached hydrogens (tertiary/aromatic N) is 1. The Labute approximate surface area is 111 Å². The summed E-state index contributed by atoms with van der Waals surface area (Å²) >= 11 is 0. The molecule has 2 rings (SSSR count). The molecule has 2 aromatic rings. The van der Waals surface area contributed by atoms with Gasteiger partial charge < -0.3 is 15.3 Å². The molecule has 0 saturated carbocycles. The van der Waals surface area contributed by atoms with Gasteiger partial charge in [-0.15, -0.1) is 0 Å². The highest BCUT2D eigenvalue weighted by Crippen LogP contribution is 2.28. The lowest BCUT2D eigenvalue weighted by atomic mass is 9.85. The first-order valence-corrected chi connectivity index (χ1v) is 6.35. The summed E-state index contributed by atoms with van der Waals surface area (Å²) in [4.78, 5) is 16.7. The van der Waals surface area contributed by atoms with Gasteiger partial charge in [0.1, 0.15) is 0 Å². The quantitative estimate of drug-likeness (QED) is 0.783. The van der Waals surface area contributed by atoms with Gasteiger partial charge in [-0.05, 0) is 30.7 Å². The second kappa shape index (κ2) is 5.29. The van der Waals surface area contributed by atoms with Crippen molar-refractivity contribution in [3.63, 3.8) is 0 Å². The second-order valence-corrected chi connectivity index (χ2v) is 5.05. The zero-order valence-electron chi connectivity index (χ0n) is 11.3. The molecule has 100 valence electrons. The normalized spacial score (nSPS) is 14.5. The first-order chi connectivity index (χ1) is 9.06. The highest BCUT2D eigenvalue weighted by molar-refractivity contribution is 5.75. The molecule has 0 saturated heterocycles. The van der Waals surface area contributed by atoms with Crippen LogP contribution in [0.5, 0.6) is 0 Å². The van der Waals surface area contributed by atoms with Gasteiger partial charge in [0.2, 0.25) is 0 Å². The number of rotatable bonds is 4. The molecular weight excluding hydrogens is 240 g/mol. The maximum absolute atomic E-state index is 11.3. The number of aromatic nitrogens is 2. The monoisotopic (exact) mass is 258 g/mol. The number of nitrogens with one attached hydrogen (secondary N) is 3. The lowest BCUT2D eigenvalue weighted by Gasteiger charge is -2.24. The van der Waals surface area contributed by atoms with Crippen molar-refractivity contribution < 1.29 is 0 Å². The summed E-state index contributed by atoms with van der Waals surface area (Å²) in [7, 11) is 1.85. The lowest BCUT2D eigenvalue weighted by Crippen LogP contribution is -2.27. The SMILES string of the molecule is CNC(c1ccc2[nH]c(=O)[nH]c2c1)C(C#N)C(C)C. The van der Waals surface area contributed by atoms with Gasteiger partial charge in [0.05, 0.1) is 23.0 Å². The zero-order chi connectivity index (χ0) is 14.0. The van der Waals surface area contributed by atoms with Gasteiger partial charge in [-0.3, -0.25) is 0 Å². The molecule has 0 spiro atoms. The summed E-state index contributed by atoms with van der Waals surface area (Å²) in [5.74, 6) is 0.136. The molecule has 3 N–H and O–H groups in total. The van der Waals surface area contributed by atoms with Crippen LogP contribution >= 0.6 is 0 Å². The molecule has 0 aliphatic heterocycles. The van der Waals surface area contributed by atoms with Crippen LogP contribution in [0, 0.1) is 23.2 Å². The molecule has 5 heteroatoms. The Hall–Kier alpha value is -2.06. The van der Waals surface area contributed by atoms with E-state index in [-0.39, 0.29) is 23.6 Å². The molecule has 0 aliphatic carbocycles. The van der Waals surface area contributed by atoms with Crippen molar-refractivity contribution in [2.75, 3.05) is 7.05 Å². The fourth-order valence-electron chi connectivity index (χ4n) is 2.41. The zero-order valence-corrected chi connectivity index (χ0v) is 11.3. The van der Waals surface area contributed by atoms with E-state index in [2.05, 4.69) is 21.4 Å². The third-order valence-electron chi connectivity index (χ3n) is 3.44. The van der Waals surface area contributed by atoms with Crippen molar-refractivity contribution in [1.82, 2.24) is 15.3 Å². The number of aromatic amines is 2. The smallest absolute Gasteiger partial charge is 0.312 e. The standard InChI is InChI=1S/C14H18N4O/c1-8(2)10(7-15)13(16-3)9-4-5-11-12(6-9)18-14(19)17-11/h4-6,8,10,13,16H,1-3H3,(H2,17,18,19). The van der Waals surface area contributed by atoms with Crippen molar-refractivity contribution in [2.24, 2.45) is 11.8 Å². The molecule has 0 fully saturated rings. The molecule has 2 unspecified atom stereocenters. The van der Waals surface area contributed by atoms with Gasteiger partial charge >= 0.3 is 5.69 Å². The Morgan fingerprint density at radius 2 is 1.95 bits per heavy atom. The van der Waals surface area contributed by atoms with Crippen LogP contribution in [0.1, 0.15) is 25.5 Å². The Kier molecular flexibility index (Phi) is 3.72. The van der Waals surface area contributed by atoms with Gasteiger partial charge in [0.15, 0.2) is 0 Å². The van der Waals surface area contributed by atoms with E-state index in [1.54, 1.807) is 0 Å². The lowest BCUT2D eigenvalue weighted by molar-refractivity contribution is 0.363. The van der Waals surface area contributed by atoms with E-state index in [0.29, 0.717) is 0 Å². The van der Waals surface area contributed by atoms with Crippen molar-refractivity contribution >= 4 is 11.0 Å². The van der Waals surface area contributed by atoms with E-state index >= 15 is 0 Å². The number of imidazole rings is 1. The second-order valence-electron chi connectivity index (χ2n) is 5.05. The Morgan fingerprint density at radius 1 is 1.26 bits per heavy atom. The number of fused-ring (bicyclic) bond motifs is 1. The third-order valence-corrected chi connectivity index (χ3v) is 3.44. The van der Waals surface area contributed by atoms with E-state index < -0.39 is 0 Å². The van der Waals surface area contributed by atoms with Gasteiger partial charge in [0, 0.05) is 6.04 Å². The third kappa shape index (κ3) is 2.54. The van der Waals surface area contributed by atoms with Crippen LogP contribution in [0.25, 0.3) is 11.0 Å². The van der Waals surface area contributed by atoms with Crippen molar-refractivity contribution in [3.8, 4) is 6.07 Å². The maximum atomic E-state index is 11.3. The van der Waals surface area contributed by atoms with Crippen LogP contribution in [0.15, 0.2) is 23.0 Å². The minimum absolute atomic E-state index is 0.0483. The number of H-pyrrole nitrogens is 2. The predicted molar refractivity (Wildman–Crippen MR) is 74.7 cm³/mol. The highest BCUT2D eigenvalue weighted by atomic mass is 16.1. The van der Waals surface area contributed by atoms with Crippen LogP contribution in [-0.2, 0) is 0 Å². The molecule has 0 radical (unpaired) electrons. The van der Waals surface area contributed by atoms with Crippen LogP contribution in [0.2, 0.25) is 0 Å². The molecule has 19 heavy (non-hydrogen) atoms. The van der Waals surface area contributed by atoms with Crippen LogP contribution in [0.3, 0.4) is 0 Å². The average Bonchev–Trinajstić information content (AvgIpc) is 2.74. The van der Waals surface area contributed by atoms with Crippen LogP contribution < -0.4 is 11.0 Å². The summed E-state index contributed by atoms with van der Waals surface area (Å²) in [6, 6.07) is 8.04. The van der Waals surface area contributed by atoms with Gasteiger partial charge in [-0.1, -0.05) is 19.9 Å². The van der Waals surface area contributed by atoms with Crippen molar-refractivity contribution in [2.45, 2.75) is 19.9 Å². The Bertz CT molecular complexity index is 662. The van der Waals surface area contributed by atoms with E-state index in [1.807, 2.05) is 39.1 Å². The molecule has 1 aromatic heterocycles. The molecule has 0 bridgehead atoms. The number of nitriles is 1. The topological polar surface area (TPSA) is 84.5 Å². The largest absolute Gasteiger partial charge is 0.323 e. The molecule has 1 heterocycles. The first-order valence-electron chi connectivity index (χ1n) is 6.35. The van der Waals surface area contributed by atoms with Crippen LogP contribution in [-0.4, -0.2) is 17.0 Å². The molecule has 5 nitrogen and oxygen atoms in total. The fourth-order valence-corrected chi connectivity index (χ4v) is 2.41. The summed E-state index contributed by atoms with van der Waals surface area (Å²) in [5, 5.41) is 12.5. The number of benzene rings is 1. The molecule has 2 atom stereocenters. The van der Waals surface area contributed by atoms with Crippen LogP contribution in [0.4, 0.5) is 0 Å². The fraction of sp³-hybridized carbons (Fsp3) is 0.429. The van der Waals surface area contributed by atoms with E-state index in [1.165, 1.54) is 0 Å². The van der Waals surface area contributed by atoms with Gasteiger partial charge in [-0.25, -0.2) is 4.79 Å².